The lowest BCUT2D eigenvalue weighted by Gasteiger charge is -2.33. The molecule has 2 aliphatic rings. The molecule has 142 valence electrons. The first kappa shape index (κ1) is 17.6. The van der Waals surface area contributed by atoms with Gasteiger partial charge in [-0.3, -0.25) is 4.90 Å². The van der Waals surface area contributed by atoms with Crippen LogP contribution in [0.2, 0.25) is 0 Å². The van der Waals surface area contributed by atoms with Gasteiger partial charge in [-0.05, 0) is 33.6 Å². The van der Waals surface area contributed by atoms with Gasteiger partial charge in [0.05, 0.1) is 6.54 Å². The van der Waals surface area contributed by atoms with Crippen LogP contribution in [0.4, 0.5) is 0 Å². The van der Waals surface area contributed by atoms with Crippen molar-refractivity contribution in [3.05, 3.63) is 23.1 Å². The van der Waals surface area contributed by atoms with Crippen molar-refractivity contribution in [2.24, 2.45) is 0 Å². The first-order chi connectivity index (χ1) is 12.4. The van der Waals surface area contributed by atoms with E-state index in [0.717, 1.165) is 11.6 Å². The summed E-state index contributed by atoms with van der Waals surface area (Å²) in [4.78, 5) is 2.44. The van der Waals surface area contributed by atoms with E-state index in [1.807, 2.05) is 6.92 Å². The van der Waals surface area contributed by atoms with Crippen molar-refractivity contribution in [2.45, 2.75) is 51.1 Å². The normalized spacial score (nSPS) is 20.0. The lowest BCUT2D eigenvalue weighted by Crippen LogP contribution is -2.48. The number of rotatable bonds is 5. The van der Waals surface area contributed by atoms with Crippen molar-refractivity contribution in [3.63, 3.8) is 0 Å². The van der Waals surface area contributed by atoms with Gasteiger partial charge in [0, 0.05) is 32.2 Å². The molecular formula is C16H24N6O3S. The van der Waals surface area contributed by atoms with Crippen LogP contribution < -0.4 is 0 Å². The second kappa shape index (κ2) is 6.43. The van der Waals surface area contributed by atoms with E-state index in [0.29, 0.717) is 50.2 Å². The number of hydrogen-bond acceptors (Lipinski definition) is 7. The molecule has 0 bridgehead atoms. The summed E-state index contributed by atoms with van der Waals surface area (Å²) in [6, 6.07) is 0.543. The fraction of sp³-hybridized carbons (Fsp3) is 0.688. The van der Waals surface area contributed by atoms with Crippen LogP contribution in [-0.2, 0) is 16.6 Å². The maximum absolute atomic E-state index is 12.9. The Morgan fingerprint density at radius 1 is 1.08 bits per heavy atom. The highest BCUT2D eigenvalue weighted by molar-refractivity contribution is 7.89. The molecule has 4 rings (SSSR count). The second-order valence-corrected chi connectivity index (χ2v) is 8.97. The third kappa shape index (κ3) is 3.06. The Morgan fingerprint density at radius 3 is 2.35 bits per heavy atom. The van der Waals surface area contributed by atoms with Gasteiger partial charge in [-0.25, -0.2) is 8.42 Å². The zero-order valence-electron chi connectivity index (χ0n) is 15.3. The largest absolute Gasteiger partial charge is 0.360 e. The standard InChI is InChI=1S/C16H24N6O3S/c1-11-16(12(2)25-19-11)26(23,24)21-8-6-20(7-9-21)10-15-18-17-13(3)22(15)14-4-5-14/h14H,4-10H2,1-3H3. The van der Waals surface area contributed by atoms with Crippen molar-refractivity contribution in [1.82, 2.24) is 29.1 Å². The number of sulfonamides is 1. The zero-order chi connectivity index (χ0) is 18.5. The van der Waals surface area contributed by atoms with Gasteiger partial charge in [0.25, 0.3) is 0 Å². The Morgan fingerprint density at radius 2 is 1.77 bits per heavy atom. The Labute approximate surface area is 153 Å². The molecule has 0 unspecified atom stereocenters. The quantitative estimate of drug-likeness (QED) is 0.764. The molecule has 1 saturated carbocycles. The summed E-state index contributed by atoms with van der Waals surface area (Å²) in [7, 11) is -3.57. The number of aromatic nitrogens is 4. The Kier molecular flexibility index (Phi) is 4.36. The smallest absolute Gasteiger partial charge is 0.248 e. The molecule has 1 aliphatic heterocycles. The monoisotopic (exact) mass is 380 g/mol. The maximum Gasteiger partial charge on any atom is 0.248 e. The molecule has 0 N–H and O–H groups in total. The summed E-state index contributed by atoms with van der Waals surface area (Å²) in [5, 5.41) is 12.3. The predicted octanol–water partition coefficient (Wildman–Crippen LogP) is 1.03. The minimum atomic E-state index is -3.57. The van der Waals surface area contributed by atoms with Gasteiger partial charge < -0.3 is 9.09 Å². The number of hydrogen-bond donors (Lipinski definition) is 0. The van der Waals surface area contributed by atoms with Gasteiger partial charge in [0.2, 0.25) is 10.0 Å². The summed E-state index contributed by atoms with van der Waals surface area (Å²) >= 11 is 0. The molecule has 2 aromatic heterocycles. The molecule has 1 saturated heterocycles. The van der Waals surface area contributed by atoms with E-state index in [-0.39, 0.29) is 4.90 Å². The minimum absolute atomic E-state index is 0.204. The van der Waals surface area contributed by atoms with Crippen molar-refractivity contribution in [1.29, 1.82) is 0 Å². The summed E-state index contributed by atoms with van der Waals surface area (Å²) < 4.78 is 34.6. The summed E-state index contributed by atoms with van der Waals surface area (Å²) in [5.41, 5.74) is 0.415. The van der Waals surface area contributed by atoms with Gasteiger partial charge >= 0.3 is 0 Å². The topological polar surface area (TPSA) is 97.4 Å². The first-order valence-corrected chi connectivity index (χ1v) is 10.4. The Hall–Kier alpha value is -1.78. The maximum atomic E-state index is 12.9. The van der Waals surface area contributed by atoms with Crippen molar-refractivity contribution < 1.29 is 12.9 Å². The minimum Gasteiger partial charge on any atom is -0.360 e. The SMILES string of the molecule is Cc1noc(C)c1S(=O)(=O)N1CCN(Cc2nnc(C)n2C2CC2)CC1. The van der Waals surface area contributed by atoms with Gasteiger partial charge in [-0.2, -0.15) is 4.31 Å². The molecule has 10 heteroatoms. The van der Waals surface area contributed by atoms with Gasteiger partial charge in [0.15, 0.2) is 5.76 Å². The van der Waals surface area contributed by atoms with Crippen LogP contribution in [0, 0.1) is 20.8 Å². The van der Waals surface area contributed by atoms with E-state index in [9.17, 15) is 8.42 Å². The van der Waals surface area contributed by atoms with E-state index in [4.69, 9.17) is 4.52 Å². The number of piperazine rings is 1. The van der Waals surface area contributed by atoms with Gasteiger partial charge in [-0.15, -0.1) is 10.2 Å². The molecule has 0 atom stereocenters. The highest BCUT2D eigenvalue weighted by atomic mass is 32.2. The fourth-order valence-corrected chi connectivity index (χ4v) is 5.34. The molecule has 3 heterocycles. The molecule has 2 fully saturated rings. The number of aryl methyl sites for hydroxylation is 3. The van der Waals surface area contributed by atoms with Crippen molar-refractivity contribution in [2.75, 3.05) is 26.2 Å². The van der Waals surface area contributed by atoms with Crippen LogP contribution in [0.25, 0.3) is 0 Å². The molecule has 26 heavy (non-hydrogen) atoms. The average Bonchev–Trinajstić information content (AvgIpc) is 3.28. The van der Waals surface area contributed by atoms with Crippen LogP contribution in [-0.4, -0.2) is 63.7 Å². The highest BCUT2D eigenvalue weighted by Crippen LogP contribution is 2.36. The first-order valence-electron chi connectivity index (χ1n) is 8.93. The van der Waals surface area contributed by atoms with E-state index in [1.165, 1.54) is 17.1 Å². The van der Waals surface area contributed by atoms with Crippen LogP contribution in [0.1, 0.15) is 42.0 Å². The zero-order valence-corrected chi connectivity index (χ0v) is 16.2. The number of nitrogens with zero attached hydrogens (tertiary/aromatic N) is 6. The highest BCUT2D eigenvalue weighted by Gasteiger charge is 2.34. The summed E-state index contributed by atoms with van der Waals surface area (Å²) in [6.07, 6.45) is 2.38. The molecule has 2 aromatic rings. The molecule has 0 radical (unpaired) electrons. The molecule has 0 amide bonds. The van der Waals surface area contributed by atoms with E-state index < -0.39 is 10.0 Å². The summed E-state index contributed by atoms with van der Waals surface area (Å²) in [5.74, 6) is 2.28. The van der Waals surface area contributed by atoms with Crippen LogP contribution >= 0.6 is 0 Å². The van der Waals surface area contributed by atoms with Crippen LogP contribution in [0.3, 0.4) is 0 Å². The van der Waals surface area contributed by atoms with Gasteiger partial charge in [-0.1, -0.05) is 5.16 Å². The Bertz CT molecular complexity index is 887. The lowest BCUT2D eigenvalue weighted by molar-refractivity contribution is 0.176. The third-order valence-corrected chi connectivity index (χ3v) is 7.25. The molecule has 0 aromatic carbocycles. The van der Waals surface area contributed by atoms with E-state index in [2.05, 4.69) is 24.8 Å². The molecule has 1 aliphatic carbocycles. The van der Waals surface area contributed by atoms with Crippen molar-refractivity contribution >= 4 is 10.0 Å². The third-order valence-electron chi connectivity index (χ3n) is 5.11. The summed E-state index contributed by atoms with van der Waals surface area (Å²) in [6.45, 7) is 8.21. The predicted molar refractivity (Wildman–Crippen MR) is 93.0 cm³/mol. The van der Waals surface area contributed by atoms with Crippen LogP contribution in [0.5, 0.6) is 0 Å². The molecule has 9 nitrogen and oxygen atoms in total. The second-order valence-electron chi connectivity index (χ2n) is 7.10. The Balaban J connectivity index is 1.43. The van der Waals surface area contributed by atoms with Crippen molar-refractivity contribution in [3.8, 4) is 0 Å². The van der Waals surface area contributed by atoms with Crippen LogP contribution in [0.15, 0.2) is 9.42 Å². The fourth-order valence-electron chi connectivity index (χ4n) is 3.63. The average molecular weight is 380 g/mol. The van der Waals surface area contributed by atoms with E-state index >= 15 is 0 Å². The lowest BCUT2D eigenvalue weighted by atomic mass is 10.3. The van der Waals surface area contributed by atoms with E-state index in [1.54, 1.807) is 13.8 Å². The molecular weight excluding hydrogens is 356 g/mol. The van der Waals surface area contributed by atoms with Gasteiger partial charge in [0.1, 0.15) is 22.2 Å². The molecule has 0 spiro atoms.